The molecule has 0 aliphatic heterocycles. The summed E-state index contributed by atoms with van der Waals surface area (Å²) in [6, 6.07) is 0. The third-order valence-corrected chi connectivity index (χ3v) is 0. The molecule has 0 fully saturated rings. The first-order valence-electron chi connectivity index (χ1n) is 0. The third kappa shape index (κ3) is 25.4. The summed E-state index contributed by atoms with van der Waals surface area (Å²) in [5.41, 5.74) is 0. The molecule has 0 aromatic heterocycles. The summed E-state index contributed by atoms with van der Waals surface area (Å²) >= 11 is 0. The fraction of sp³-hybridized carbons (Fsp3) is 0. The van der Waals surface area contributed by atoms with E-state index in [-0.39, 0.29) is 70.7 Å². The molecule has 0 rings (SSSR count). The second-order valence-corrected chi connectivity index (χ2v) is 0. The molecular weight excluding hydrogens is 337 g/mol. The van der Waals surface area contributed by atoms with Gasteiger partial charge in [-0.2, -0.15) is 0 Å². The van der Waals surface area contributed by atoms with Gasteiger partial charge in [-0.25, -0.2) is 0 Å². The summed E-state index contributed by atoms with van der Waals surface area (Å²) in [4.78, 5) is 0. The van der Waals surface area contributed by atoms with Gasteiger partial charge in [-0.3, -0.25) is 0 Å². The van der Waals surface area contributed by atoms with Crippen molar-refractivity contribution in [1.29, 1.82) is 0 Å². The number of hydrogen-bond acceptors (Lipinski definition) is 0. The van der Waals surface area contributed by atoms with E-state index in [4.69, 9.17) is 0 Å². The Hall–Kier alpha value is 1.85. The topological polar surface area (TPSA) is 0 Å². The van der Waals surface area contributed by atoms with Crippen LogP contribution in [0.2, 0.25) is 0 Å². The Balaban J connectivity index is 0. The predicted octanol–water partition coefficient (Wildman–Crippen LogP) is 1.68. The number of rotatable bonds is 0. The molecular formula is H4Cl4Pt. The molecule has 5 heavy (non-hydrogen) atoms. The van der Waals surface area contributed by atoms with Gasteiger partial charge in [0.2, 0.25) is 0 Å². The fourth-order valence-electron chi connectivity index (χ4n) is 0. The van der Waals surface area contributed by atoms with Crippen LogP contribution >= 0.6 is 49.6 Å². The number of hydrogen-bond donors (Lipinski definition) is 0. The molecule has 42 valence electrons. The third-order valence-electron chi connectivity index (χ3n) is 0. The van der Waals surface area contributed by atoms with Gasteiger partial charge in [-0.05, 0) is 0 Å². The maximum Gasteiger partial charge on any atom is 0 e. The van der Waals surface area contributed by atoms with Crippen LogP contribution in [0.5, 0.6) is 0 Å². The Morgan fingerprint density at radius 1 is 0.400 bits per heavy atom. The monoisotopic (exact) mass is 339 g/mol. The molecule has 0 heterocycles. The molecule has 0 aliphatic rings. The van der Waals surface area contributed by atoms with Gasteiger partial charge in [0.1, 0.15) is 0 Å². The molecule has 0 spiro atoms. The van der Waals surface area contributed by atoms with E-state index >= 15 is 0 Å². The van der Waals surface area contributed by atoms with Crippen LogP contribution in [0.15, 0.2) is 0 Å². The normalized spacial score (nSPS) is 0. The van der Waals surface area contributed by atoms with E-state index in [1.165, 1.54) is 0 Å². The van der Waals surface area contributed by atoms with Crippen molar-refractivity contribution in [2.24, 2.45) is 0 Å². The molecule has 0 nitrogen and oxygen atoms in total. The van der Waals surface area contributed by atoms with Crippen LogP contribution in [0.25, 0.3) is 0 Å². The summed E-state index contributed by atoms with van der Waals surface area (Å²) in [5.74, 6) is 0. The van der Waals surface area contributed by atoms with Gasteiger partial charge < -0.3 is 0 Å². The molecule has 5 heteroatoms. The Morgan fingerprint density at radius 3 is 0.400 bits per heavy atom. The molecule has 0 amide bonds. The zero-order valence-corrected chi connectivity index (χ0v) is 7.49. The van der Waals surface area contributed by atoms with E-state index in [1.54, 1.807) is 0 Å². The molecule has 0 bridgehead atoms. The maximum absolute atomic E-state index is 0. The Bertz CT molecular complexity index is 3.61. The van der Waals surface area contributed by atoms with E-state index in [9.17, 15) is 0 Å². The van der Waals surface area contributed by atoms with Crippen molar-refractivity contribution in [1.82, 2.24) is 0 Å². The first kappa shape index (κ1) is 68.6. The summed E-state index contributed by atoms with van der Waals surface area (Å²) in [6.07, 6.45) is 0. The summed E-state index contributed by atoms with van der Waals surface area (Å²) < 4.78 is 0. The van der Waals surface area contributed by atoms with Gasteiger partial charge in [0, 0.05) is 21.1 Å². The van der Waals surface area contributed by atoms with E-state index < -0.39 is 0 Å². The van der Waals surface area contributed by atoms with Crippen LogP contribution < -0.4 is 0 Å². The Morgan fingerprint density at radius 2 is 0.400 bits per heavy atom. The Kier molecular flexibility index (Phi) is 552. The van der Waals surface area contributed by atoms with Crippen molar-refractivity contribution in [3.8, 4) is 0 Å². The minimum Gasteiger partial charge on any atom is -0.147 e. The van der Waals surface area contributed by atoms with Crippen molar-refractivity contribution in [2.75, 3.05) is 0 Å². The summed E-state index contributed by atoms with van der Waals surface area (Å²) in [6.45, 7) is 0. The second-order valence-electron chi connectivity index (χ2n) is 0. The molecule has 0 atom stereocenters. The molecule has 0 unspecified atom stereocenters. The average molecular weight is 341 g/mol. The van der Waals surface area contributed by atoms with Crippen LogP contribution in [-0.4, -0.2) is 0 Å². The summed E-state index contributed by atoms with van der Waals surface area (Å²) in [7, 11) is 0. The van der Waals surface area contributed by atoms with E-state index in [1.807, 2.05) is 0 Å². The fourth-order valence-corrected chi connectivity index (χ4v) is 0. The Labute approximate surface area is 70.4 Å². The zero-order chi connectivity index (χ0) is 0. The SMILES string of the molecule is Cl.Cl.Cl.Cl.[Pt]. The van der Waals surface area contributed by atoms with Crippen LogP contribution in [0.1, 0.15) is 0 Å². The first-order valence-corrected chi connectivity index (χ1v) is 0. The number of halogens is 4. The van der Waals surface area contributed by atoms with Crippen molar-refractivity contribution < 1.29 is 21.1 Å². The van der Waals surface area contributed by atoms with Gasteiger partial charge in [0.15, 0.2) is 0 Å². The standard InChI is InChI=1S/4ClH.Pt/h4*1H;. The predicted molar refractivity (Wildman–Crippen MR) is 29.0 cm³/mol. The van der Waals surface area contributed by atoms with Crippen LogP contribution in [0, 0.1) is 0 Å². The minimum absolute atomic E-state index is 0. The van der Waals surface area contributed by atoms with Crippen LogP contribution in [-0.2, 0) is 21.1 Å². The van der Waals surface area contributed by atoms with E-state index in [0.717, 1.165) is 0 Å². The zero-order valence-electron chi connectivity index (χ0n) is 1.95. The largest absolute Gasteiger partial charge is 0.147 e. The van der Waals surface area contributed by atoms with Crippen molar-refractivity contribution in [3.63, 3.8) is 0 Å². The quantitative estimate of drug-likeness (QED) is 0.629. The van der Waals surface area contributed by atoms with Crippen molar-refractivity contribution in [3.05, 3.63) is 0 Å². The maximum atomic E-state index is 0. The first-order chi connectivity index (χ1) is 0. The van der Waals surface area contributed by atoms with Crippen molar-refractivity contribution in [2.45, 2.75) is 0 Å². The van der Waals surface area contributed by atoms with Crippen LogP contribution in [0.3, 0.4) is 0 Å². The van der Waals surface area contributed by atoms with Crippen LogP contribution in [0.4, 0.5) is 0 Å². The van der Waals surface area contributed by atoms with Gasteiger partial charge in [-0.1, -0.05) is 0 Å². The minimum atomic E-state index is 0. The smallest absolute Gasteiger partial charge is 0 e. The summed E-state index contributed by atoms with van der Waals surface area (Å²) in [5, 5.41) is 0. The molecule has 0 aromatic carbocycles. The molecule has 0 aliphatic carbocycles. The molecule has 0 aromatic rings. The van der Waals surface area contributed by atoms with Gasteiger partial charge in [-0.15, -0.1) is 49.6 Å². The van der Waals surface area contributed by atoms with E-state index in [2.05, 4.69) is 0 Å². The van der Waals surface area contributed by atoms with Crippen molar-refractivity contribution >= 4 is 49.6 Å². The second kappa shape index (κ2) is 40.2. The van der Waals surface area contributed by atoms with Gasteiger partial charge >= 0.3 is 0 Å². The molecule has 0 radical (unpaired) electrons. The molecule has 0 N–H and O–H groups in total. The molecule has 0 saturated carbocycles. The van der Waals surface area contributed by atoms with E-state index in [0.29, 0.717) is 0 Å². The molecule has 0 saturated heterocycles. The van der Waals surface area contributed by atoms with Gasteiger partial charge in [0.25, 0.3) is 0 Å². The van der Waals surface area contributed by atoms with Gasteiger partial charge in [0.05, 0.1) is 0 Å². The average Bonchev–Trinajstić information content (AvgIpc) is 0.